The van der Waals surface area contributed by atoms with E-state index in [0.717, 1.165) is 11.1 Å². The van der Waals surface area contributed by atoms with E-state index in [2.05, 4.69) is 43.8 Å². The third-order valence-corrected chi connectivity index (χ3v) is 27.5. The summed E-state index contributed by atoms with van der Waals surface area (Å²) >= 11 is 8.85. The largest absolute Gasteiger partial charge is 0.543 e. The SMILES string of the molecule is COc1ccc(C(OC[C@H](COS(=O)(=O)c2ccc(C)cc2)Oc2ccc(-c3c(-c4ccc(F)cc4)sc4ncnc(O[C@H](Cc5cc(O[Si](C)(C)C(C)(C)C)ccc5OCc5ccnc(-c6cccc(OC[C@H]7O[C@H](OC)[C@@H](OC)[C@@H](OC)[C@@H]7OC)c6)n5)C(=O)O)c34)c(C)c2Cl)(c2ccccc2)c2ccc(OC)cc2)cc1. The van der Waals surface area contributed by atoms with Gasteiger partial charge in [-0.1, -0.05) is 135 Å². The average molecular weight is 1610 g/mol. The number of rotatable bonds is 34. The van der Waals surface area contributed by atoms with Gasteiger partial charge in [-0.25, -0.2) is 29.1 Å². The molecule has 0 spiro atoms. The first kappa shape index (κ1) is 82.5. The van der Waals surface area contributed by atoms with Gasteiger partial charge in [-0.05, 0) is 156 Å². The van der Waals surface area contributed by atoms with Crippen molar-refractivity contribution in [1.82, 2.24) is 19.9 Å². The van der Waals surface area contributed by atoms with Crippen molar-refractivity contribution < 1.29 is 88.2 Å². The zero-order valence-corrected chi connectivity index (χ0v) is 68.3. The molecule has 1 fully saturated rings. The van der Waals surface area contributed by atoms with Crippen LogP contribution in [0.15, 0.2) is 205 Å². The highest BCUT2D eigenvalue weighted by atomic mass is 35.5. The van der Waals surface area contributed by atoms with Gasteiger partial charge in [0.1, 0.15) is 107 Å². The number of aromatic nitrogens is 4. The first-order valence-corrected chi connectivity index (χ1v) is 41.9. The Morgan fingerprint density at radius 2 is 1.32 bits per heavy atom. The molecule has 1 saturated heterocycles. The lowest BCUT2D eigenvalue weighted by Crippen LogP contribution is -2.61. The summed E-state index contributed by atoms with van der Waals surface area (Å²) in [5.41, 5.74) is 5.25. The van der Waals surface area contributed by atoms with Crippen LogP contribution < -0.4 is 32.8 Å². The predicted octanol–water partition coefficient (Wildman–Crippen LogP) is 16.9. The van der Waals surface area contributed by atoms with E-state index in [4.69, 9.17) is 87.0 Å². The van der Waals surface area contributed by atoms with Crippen molar-refractivity contribution in [3.05, 3.63) is 250 Å². The number of carboxylic acids is 1. The molecule has 0 radical (unpaired) electrons. The van der Waals surface area contributed by atoms with Crippen LogP contribution in [0.25, 0.3) is 43.2 Å². The van der Waals surface area contributed by atoms with Crippen LogP contribution in [0.4, 0.5) is 4.39 Å². The first-order valence-electron chi connectivity index (χ1n) is 36.4. The number of methoxy groups -OCH3 is 6. The van der Waals surface area contributed by atoms with Crippen molar-refractivity contribution in [3.8, 4) is 73.3 Å². The van der Waals surface area contributed by atoms with Gasteiger partial charge >= 0.3 is 5.97 Å². The van der Waals surface area contributed by atoms with Crippen LogP contribution in [-0.2, 0) is 66.1 Å². The van der Waals surface area contributed by atoms with Crippen LogP contribution in [0.3, 0.4) is 0 Å². The normalized spacial score (nSPS) is 16.6. The number of thiophene rings is 1. The van der Waals surface area contributed by atoms with E-state index in [-0.39, 0.29) is 52.8 Å². The maximum Gasteiger partial charge on any atom is 0.345 e. The molecule has 27 heteroatoms. The van der Waals surface area contributed by atoms with Crippen LogP contribution in [0.2, 0.25) is 23.2 Å². The lowest BCUT2D eigenvalue weighted by molar-refractivity contribution is -0.305. The van der Waals surface area contributed by atoms with Gasteiger partial charge in [0.05, 0.1) is 41.8 Å². The van der Waals surface area contributed by atoms with E-state index in [1.165, 1.54) is 49.0 Å². The average Bonchev–Trinajstić information content (AvgIpc) is 1.49. The number of hydrogen-bond donors (Lipinski definition) is 1. The highest BCUT2D eigenvalue weighted by Gasteiger charge is 2.48. The van der Waals surface area contributed by atoms with Crippen LogP contribution >= 0.6 is 22.9 Å². The Labute approximate surface area is 667 Å². The zero-order chi connectivity index (χ0) is 80.4. The van der Waals surface area contributed by atoms with E-state index >= 15 is 0 Å². The van der Waals surface area contributed by atoms with Crippen molar-refractivity contribution in [2.45, 2.75) is 119 Å². The Hall–Kier alpha value is -9.94. The second kappa shape index (κ2) is 36.0. The van der Waals surface area contributed by atoms with Crippen molar-refractivity contribution in [2.75, 3.05) is 62.5 Å². The number of carboxylic acid groups (broad SMARTS) is 1. The van der Waals surface area contributed by atoms with E-state index in [1.54, 1.807) is 109 Å². The number of halogens is 2. The van der Waals surface area contributed by atoms with Crippen LogP contribution in [0.1, 0.15) is 59.8 Å². The molecule has 113 heavy (non-hydrogen) atoms. The molecule has 0 unspecified atom stereocenters. The highest BCUT2D eigenvalue weighted by molar-refractivity contribution is 7.86. The summed E-state index contributed by atoms with van der Waals surface area (Å²) in [6.45, 7) is 13.4. The summed E-state index contributed by atoms with van der Waals surface area (Å²) in [6, 6.07) is 54.5. The van der Waals surface area contributed by atoms with Gasteiger partial charge in [0, 0.05) is 62.6 Å². The number of ether oxygens (including phenoxy) is 12. The third kappa shape index (κ3) is 18.7. The number of aliphatic carboxylic acids is 1. The number of hydrogen-bond acceptors (Lipinski definition) is 22. The summed E-state index contributed by atoms with van der Waals surface area (Å²) in [7, 11) is 2.52. The lowest BCUT2D eigenvalue weighted by atomic mass is 9.80. The molecule has 0 saturated carbocycles. The van der Waals surface area contributed by atoms with Crippen LogP contribution in [0, 0.1) is 19.7 Å². The minimum absolute atomic E-state index is 0.0636. The molecule has 4 heterocycles. The summed E-state index contributed by atoms with van der Waals surface area (Å²) in [4.78, 5) is 33.8. The fourth-order valence-electron chi connectivity index (χ4n) is 13.2. The first-order chi connectivity index (χ1) is 54.3. The topological polar surface area (TPSA) is 252 Å². The maximum absolute atomic E-state index is 14.9. The highest BCUT2D eigenvalue weighted by Crippen LogP contribution is 2.51. The van der Waals surface area contributed by atoms with Gasteiger partial charge in [0.2, 0.25) is 20.3 Å². The van der Waals surface area contributed by atoms with Crippen LogP contribution in [-0.4, -0.2) is 153 Å². The van der Waals surface area contributed by atoms with Gasteiger partial charge < -0.3 is 66.4 Å². The second-order valence-corrected chi connectivity index (χ2v) is 36.2. The van der Waals surface area contributed by atoms with Gasteiger partial charge in [0.25, 0.3) is 10.1 Å². The quantitative estimate of drug-likeness (QED) is 0.0223. The molecule has 7 atom stereocenters. The fraction of sp³-hybridized carbons (Fsp3) is 0.314. The lowest BCUT2D eigenvalue weighted by Gasteiger charge is -2.44. The molecular weight excluding hydrogens is 1520 g/mol. The number of benzene rings is 8. The standard InChI is InChI=1S/C86H90ClFN4O18S2Si/c1-52-22-37-67(38-23-52)112(95,96)106-49-66(48-105-86(57-19-15-14-16-20-57,58-26-32-62(97-6)33-27-58)59-28-34-63(98-7)35-29-59)107-70-41-39-68(53(2)75(70)87)73-74-81(90-51-91-82(74)111-79(73)54-24-30-60(88)31-25-54)108-71(83(93)94)46-56-45-65(110-113(12,13)85(3,4)5)36-40-69(56)104-47-61-42-43-89-80(92-61)55-18-17-21-64(44-55)103-50-72-76(99-8)77(100-9)78(101-10)84(102-11)109-72/h14-45,51,66,71-72,76-78,84H,46-50H2,1-13H3,(H,93,94)/t66-,71-,72-,76-,77+,78+,84+/m1/s1. The molecule has 8 aromatic carbocycles. The van der Waals surface area contributed by atoms with Gasteiger partial charge in [0.15, 0.2) is 12.1 Å². The van der Waals surface area contributed by atoms with Crippen molar-refractivity contribution in [3.63, 3.8) is 0 Å². The van der Waals surface area contributed by atoms with Crippen molar-refractivity contribution in [2.24, 2.45) is 0 Å². The third-order valence-electron chi connectivity index (χ3n) is 20.2. The summed E-state index contributed by atoms with van der Waals surface area (Å²) in [6.07, 6.45) is -3.07. The Morgan fingerprint density at radius 1 is 0.664 bits per heavy atom. The van der Waals surface area contributed by atoms with Gasteiger partial charge in [-0.3, -0.25) is 4.18 Å². The molecular formula is C86H90ClFN4O18S2Si. The van der Waals surface area contributed by atoms with Crippen molar-refractivity contribution in [1.29, 1.82) is 0 Å². The summed E-state index contributed by atoms with van der Waals surface area (Å²) in [5, 5.41) is 11.6. The number of nitrogens with zero attached hydrogens (tertiary/aromatic N) is 4. The van der Waals surface area contributed by atoms with E-state index in [9.17, 15) is 22.7 Å². The minimum Gasteiger partial charge on any atom is -0.543 e. The molecule has 12 rings (SSSR count). The molecule has 22 nitrogen and oxygen atoms in total. The molecule has 592 valence electrons. The molecule has 0 bridgehead atoms. The van der Waals surface area contributed by atoms with E-state index < -0.39 is 85.3 Å². The molecule has 0 amide bonds. The smallest absolute Gasteiger partial charge is 0.345 e. The van der Waals surface area contributed by atoms with Gasteiger partial charge in [-0.15, -0.1) is 11.3 Å². The van der Waals surface area contributed by atoms with E-state index in [0.29, 0.717) is 99.9 Å². The number of carbonyl (C=O) groups is 1. The molecule has 3 aromatic heterocycles. The fourth-order valence-corrected chi connectivity index (χ4v) is 16.5. The molecule has 11 aromatic rings. The van der Waals surface area contributed by atoms with Crippen molar-refractivity contribution >= 4 is 57.6 Å². The molecule has 0 aliphatic carbocycles. The van der Waals surface area contributed by atoms with Crippen LogP contribution in [0.5, 0.6) is 40.4 Å². The summed E-state index contributed by atoms with van der Waals surface area (Å²) in [5.74, 6) is 1.19. The summed E-state index contributed by atoms with van der Waals surface area (Å²) < 4.78 is 130. The Kier molecular flexibility index (Phi) is 26.3. The minimum atomic E-state index is -4.39. The Balaban J connectivity index is 0.872. The molecule has 1 N–H and O–H groups in total. The Morgan fingerprint density at radius 3 is 1.96 bits per heavy atom. The number of fused-ring (bicyclic) bond motifs is 1. The Bertz CT molecular complexity index is 5150. The molecule has 1 aliphatic rings. The maximum atomic E-state index is 14.9. The van der Waals surface area contributed by atoms with Gasteiger partial charge in [-0.2, -0.15) is 8.42 Å². The second-order valence-electron chi connectivity index (χ2n) is 28.5. The monoisotopic (exact) mass is 1610 g/mol. The zero-order valence-electron chi connectivity index (χ0n) is 64.9. The van der Waals surface area contributed by atoms with E-state index in [1.807, 2.05) is 110 Å². The molecule has 1 aliphatic heterocycles. The number of aryl methyl sites for hydroxylation is 1. The predicted molar refractivity (Wildman–Crippen MR) is 430 cm³/mol.